The topological polar surface area (TPSA) is 78.3 Å². The molecule has 2 heterocycles. The van der Waals surface area contributed by atoms with E-state index in [4.69, 9.17) is 4.42 Å². The molecular weight excluding hydrogens is 287 g/mol. The Morgan fingerprint density at radius 1 is 1.41 bits per heavy atom. The number of carbonyl (C=O) groups excluding carboxylic acids is 1. The number of H-pyrrole nitrogens is 1. The van der Waals surface area contributed by atoms with Crippen molar-refractivity contribution in [2.75, 3.05) is 6.54 Å². The largest absolute Gasteiger partial charge is 0.466 e. The van der Waals surface area contributed by atoms with Crippen LogP contribution < -0.4 is 5.32 Å². The minimum absolute atomic E-state index is 0.0306. The molecule has 0 aliphatic heterocycles. The first-order valence-corrected chi connectivity index (χ1v) is 6.79. The smallest absolute Gasteiger partial charge is 0.267 e. The zero-order valence-corrected chi connectivity index (χ0v) is 11.9. The summed E-state index contributed by atoms with van der Waals surface area (Å²) in [5.74, 6) is -0.465. The summed E-state index contributed by atoms with van der Waals surface area (Å²) in [6.45, 7) is 1.51. The van der Waals surface area contributed by atoms with E-state index >= 15 is 0 Å². The average Bonchev–Trinajstić information content (AvgIpc) is 3.14. The molecule has 0 spiro atoms. The second-order valence-electron chi connectivity index (χ2n) is 5.32. The Labute approximate surface area is 125 Å². The van der Waals surface area contributed by atoms with Crippen LogP contribution in [0.4, 0.5) is 4.39 Å². The van der Waals surface area contributed by atoms with Gasteiger partial charge in [0.25, 0.3) is 5.91 Å². The molecule has 22 heavy (non-hydrogen) atoms. The maximum atomic E-state index is 13.6. The monoisotopic (exact) mass is 302 g/mol. The first kappa shape index (κ1) is 14.3. The van der Waals surface area contributed by atoms with Crippen molar-refractivity contribution in [3.63, 3.8) is 0 Å². The van der Waals surface area contributed by atoms with Crippen molar-refractivity contribution < 1.29 is 18.7 Å². The van der Waals surface area contributed by atoms with Crippen LogP contribution in [-0.4, -0.2) is 22.5 Å². The van der Waals surface area contributed by atoms with E-state index in [1.807, 2.05) is 0 Å². The highest BCUT2D eigenvalue weighted by atomic mass is 19.1. The van der Waals surface area contributed by atoms with Crippen molar-refractivity contribution in [3.05, 3.63) is 59.9 Å². The average molecular weight is 302 g/mol. The summed E-state index contributed by atoms with van der Waals surface area (Å²) < 4.78 is 18.8. The number of benzene rings is 1. The van der Waals surface area contributed by atoms with Gasteiger partial charge in [-0.05, 0) is 37.3 Å². The van der Waals surface area contributed by atoms with Gasteiger partial charge in [-0.3, -0.25) is 4.79 Å². The number of amides is 1. The standard InChI is InChI=1S/C16H15FN2O3/c1-16(21,14-6-3-7-22-14)9-18-15(20)13-8-10-11(17)4-2-5-12(10)19-13/h2-8,19,21H,9H2,1H3,(H,18,20). The van der Waals surface area contributed by atoms with Gasteiger partial charge in [0.2, 0.25) is 0 Å². The molecular formula is C16H15FN2O3. The number of aromatic amines is 1. The van der Waals surface area contributed by atoms with Gasteiger partial charge >= 0.3 is 0 Å². The maximum Gasteiger partial charge on any atom is 0.267 e. The predicted octanol–water partition coefficient (Wildman–Crippen LogP) is 2.54. The fourth-order valence-electron chi connectivity index (χ4n) is 2.26. The van der Waals surface area contributed by atoms with Crippen molar-refractivity contribution in [1.29, 1.82) is 0 Å². The molecule has 1 unspecified atom stereocenters. The van der Waals surface area contributed by atoms with E-state index in [9.17, 15) is 14.3 Å². The number of hydrogen-bond donors (Lipinski definition) is 3. The molecule has 0 radical (unpaired) electrons. The molecule has 0 aliphatic rings. The van der Waals surface area contributed by atoms with Crippen LogP contribution in [0.3, 0.4) is 0 Å². The number of fused-ring (bicyclic) bond motifs is 1. The molecule has 1 amide bonds. The molecule has 0 bridgehead atoms. The van der Waals surface area contributed by atoms with Gasteiger partial charge in [0.1, 0.15) is 22.9 Å². The number of aromatic nitrogens is 1. The maximum absolute atomic E-state index is 13.6. The van der Waals surface area contributed by atoms with E-state index in [0.717, 1.165) is 0 Å². The van der Waals surface area contributed by atoms with Crippen LogP contribution in [0.25, 0.3) is 10.9 Å². The summed E-state index contributed by atoms with van der Waals surface area (Å²) in [6.07, 6.45) is 1.45. The van der Waals surface area contributed by atoms with Gasteiger partial charge in [-0.15, -0.1) is 0 Å². The zero-order valence-electron chi connectivity index (χ0n) is 11.9. The van der Waals surface area contributed by atoms with Gasteiger partial charge in [-0.1, -0.05) is 6.07 Å². The minimum Gasteiger partial charge on any atom is -0.466 e. The number of rotatable bonds is 4. The third kappa shape index (κ3) is 2.60. The third-order valence-corrected chi connectivity index (χ3v) is 3.50. The molecule has 0 aliphatic carbocycles. The van der Waals surface area contributed by atoms with Crippen LogP contribution in [0, 0.1) is 5.82 Å². The Morgan fingerprint density at radius 2 is 2.23 bits per heavy atom. The lowest BCUT2D eigenvalue weighted by molar-refractivity contribution is 0.0329. The minimum atomic E-state index is -1.32. The molecule has 1 aromatic carbocycles. The molecule has 114 valence electrons. The molecule has 3 rings (SSSR count). The summed E-state index contributed by atoms with van der Waals surface area (Å²) in [5, 5.41) is 13.2. The second kappa shape index (κ2) is 5.31. The summed E-state index contributed by atoms with van der Waals surface area (Å²) in [5.41, 5.74) is -0.547. The number of nitrogens with one attached hydrogen (secondary N) is 2. The molecule has 0 fully saturated rings. The van der Waals surface area contributed by atoms with Crippen LogP contribution in [0.5, 0.6) is 0 Å². The van der Waals surface area contributed by atoms with Crippen molar-refractivity contribution in [3.8, 4) is 0 Å². The van der Waals surface area contributed by atoms with Crippen molar-refractivity contribution in [1.82, 2.24) is 10.3 Å². The predicted molar refractivity (Wildman–Crippen MR) is 78.9 cm³/mol. The molecule has 1 atom stereocenters. The van der Waals surface area contributed by atoms with Crippen molar-refractivity contribution in [2.24, 2.45) is 0 Å². The van der Waals surface area contributed by atoms with E-state index in [-0.39, 0.29) is 12.2 Å². The summed E-state index contributed by atoms with van der Waals surface area (Å²) >= 11 is 0. The normalized spacial score (nSPS) is 14.0. The molecule has 3 aromatic rings. The van der Waals surface area contributed by atoms with Crippen LogP contribution in [-0.2, 0) is 5.60 Å². The fraction of sp³-hybridized carbons (Fsp3) is 0.188. The van der Waals surface area contributed by atoms with Crippen LogP contribution in [0.1, 0.15) is 23.2 Å². The lowest BCUT2D eigenvalue weighted by Crippen LogP contribution is -2.38. The van der Waals surface area contributed by atoms with Crippen LogP contribution in [0.15, 0.2) is 47.1 Å². The van der Waals surface area contributed by atoms with E-state index in [1.54, 1.807) is 24.3 Å². The first-order chi connectivity index (χ1) is 10.5. The number of aliphatic hydroxyl groups is 1. The number of halogens is 1. The Morgan fingerprint density at radius 3 is 2.91 bits per heavy atom. The van der Waals surface area contributed by atoms with Crippen molar-refractivity contribution in [2.45, 2.75) is 12.5 Å². The van der Waals surface area contributed by atoms with Crippen LogP contribution in [0.2, 0.25) is 0 Å². The lowest BCUT2D eigenvalue weighted by Gasteiger charge is -2.20. The van der Waals surface area contributed by atoms with Gasteiger partial charge in [0.05, 0.1) is 12.8 Å². The molecule has 6 heteroatoms. The molecule has 2 aromatic heterocycles. The van der Waals surface area contributed by atoms with Gasteiger partial charge in [-0.25, -0.2) is 4.39 Å². The van der Waals surface area contributed by atoms with Crippen molar-refractivity contribution >= 4 is 16.8 Å². The summed E-state index contributed by atoms with van der Waals surface area (Å²) in [7, 11) is 0. The second-order valence-corrected chi connectivity index (χ2v) is 5.32. The molecule has 5 nitrogen and oxygen atoms in total. The van der Waals surface area contributed by atoms with Gasteiger partial charge in [0, 0.05) is 10.9 Å². The number of hydrogen-bond acceptors (Lipinski definition) is 3. The van der Waals surface area contributed by atoms with E-state index in [2.05, 4.69) is 10.3 Å². The van der Waals surface area contributed by atoms with Gasteiger partial charge < -0.3 is 19.8 Å². The Kier molecular flexibility index (Phi) is 3.46. The van der Waals surface area contributed by atoms with Gasteiger partial charge in [-0.2, -0.15) is 0 Å². The Bertz CT molecular complexity index is 806. The van der Waals surface area contributed by atoms with E-state index < -0.39 is 17.3 Å². The Hall–Kier alpha value is -2.60. The summed E-state index contributed by atoms with van der Waals surface area (Å²) in [6, 6.07) is 9.32. The fourth-order valence-corrected chi connectivity index (χ4v) is 2.26. The SMILES string of the molecule is CC(O)(CNC(=O)c1cc2c(F)cccc2[nH]1)c1ccco1. The number of furan rings is 1. The summed E-state index contributed by atoms with van der Waals surface area (Å²) in [4.78, 5) is 15.0. The highest BCUT2D eigenvalue weighted by molar-refractivity contribution is 5.98. The third-order valence-electron chi connectivity index (χ3n) is 3.50. The highest BCUT2D eigenvalue weighted by Gasteiger charge is 2.27. The quantitative estimate of drug-likeness (QED) is 0.693. The first-order valence-electron chi connectivity index (χ1n) is 6.79. The molecule has 0 saturated carbocycles. The van der Waals surface area contributed by atoms with E-state index in [0.29, 0.717) is 16.7 Å². The lowest BCUT2D eigenvalue weighted by atomic mass is 10.0. The molecule has 0 saturated heterocycles. The Balaban J connectivity index is 1.75. The highest BCUT2D eigenvalue weighted by Crippen LogP contribution is 2.21. The number of carbonyl (C=O) groups is 1. The van der Waals surface area contributed by atoms with E-state index in [1.165, 1.54) is 25.3 Å². The van der Waals surface area contributed by atoms with Crippen LogP contribution >= 0.6 is 0 Å². The molecule has 3 N–H and O–H groups in total. The zero-order chi connectivity index (χ0) is 15.7. The van der Waals surface area contributed by atoms with Gasteiger partial charge in [0.15, 0.2) is 0 Å².